The van der Waals surface area contributed by atoms with Gasteiger partial charge in [-0.3, -0.25) is 14.6 Å². The first kappa shape index (κ1) is 17.4. The topological polar surface area (TPSA) is 84.9 Å². The molecule has 1 saturated heterocycles. The minimum Gasteiger partial charge on any atom is -0.466 e. The highest BCUT2D eigenvalue weighted by Gasteiger charge is 2.36. The van der Waals surface area contributed by atoms with Crippen LogP contribution in [0, 0.1) is 0 Å². The third-order valence-electron chi connectivity index (χ3n) is 2.80. The number of rotatable bonds is 4. The fourth-order valence-electron chi connectivity index (χ4n) is 2.01. The highest BCUT2D eigenvalue weighted by Crippen LogP contribution is 2.17. The quantitative estimate of drug-likeness (QED) is 0.610. The van der Waals surface area contributed by atoms with Crippen molar-refractivity contribution < 1.29 is 23.9 Å². The van der Waals surface area contributed by atoms with Gasteiger partial charge in [0, 0.05) is 6.54 Å². The standard InChI is InChI=1S/C14H24N2O5/c1-5-20-12(18)9-11(17)16-10(7-6-8-15-16)13(19)21-14(2,3)4/h10,15H,5-9H2,1-4H3. The molecule has 1 heterocycles. The van der Waals surface area contributed by atoms with Crippen molar-refractivity contribution in [2.45, 2.75) is 58.6 Å². The number of carbonyl (C=O) groups excluding carboxylic acids is 3. The van der Waals surface area contributed by atoms with Gasteiger partial charge in [-0.25, -0.2) is 10.2 Å². The molecular formula is C14H24N2O5. The number of hydrazine groups is 1. The molecule has 0 bridgehead atoms. The highest BCUT2D eigenvalue weighted by molar-refractivity contribution is 5.96. The largest absolute Gasteiger partial charge is 0.466 e. The van der Waals surface area contributed by atoms with Crippen molar-refractivity contribution in [3.8, 4) is 0 Å². The lowest BCUT2D eigenvalue weighted by atomic mass is 10.1. The maximum atomic E-state index is 12.2. The van der Waals surface area contributed by atoms with E-state index < -0.39 is 29.5 Å². The zero-order valence-electron chi connectivity index (χ0n) is 13.1. The summed E-state index contributed by atoms with van der Waals surface area (Å²) in [5, 5.41) is 1.20. The Labute approximate surface area is 124 Å². The lowest BCUT2D eigenvalue weighted by Gasteiger charge is -2.35. The number of carbonyl (C=O) groups is 3. The maximum absolute atomic E-state index is 12.2. The van der Waals surface area contributed by atoms with Crippen molar-refractivity contribution in [1.29, 1.82) is 0 Å². The van der Waals surface area contributed by atoms with Crippen LogP contribution in [-0.2, 0) is 23.9 Å². The molecule has 1 amide bonds. The second kappa shape index (κ2) is 7.40. The summed E-state index contributed by atoms with van der Waals surface area (Å²) < 4.78 is 10.1. The van der Waals surface area contributed by atoms with E-state index in [1.165, 1.54) is 5.01 Å². The van der Waals surface area contributed by atoms with E-state index in [1.807, 2.05) is 0 Å². The minimum atomic E-state index is -0.708. The molecule has 1 aliphatic rings. The van der Waals surface area contributed by atoms with Gasteiger partial charge in [0.15, 0.2) is 0 Å². The molecule has 7 nitrogen and oxygen atoms in total. The molecule has 0 saturated carbocycles. The first-order valence-electron chi connectivity index (χ1n) is 7.18. The average molecular weight is 300 g/mol. The highest BCUT2D eigenvalue weighted by atomic mass is 16.6. The Morgan fingerprint density at radius 1 is 1.29 bits per heavy atom. The number of hydrogen-bond donors (Lipinski definition) is 1. The summed E-state index contributed by atoms with van der Waals surface area (Å²) in [4.78, 5) is 35.7. The number of esters is 2. The first-order chi connectivity index (χ1) is 9.74. The Morgan fingerprint density at radius 3 is 2.52 bits per heavy atom. The van der Waals surface area contributed by atoms with Gasteiger partial charge in [-0.2, -0.15) is 0 Å². The molecule has 21 heavy (non-hydrogen) atoms. The van der Waals surface area contributed by atoms with Gasteiger partial charge in [-0.1, -0.05) is 0 Å². The van der Waals surface area contributed by atoms with Crippen LogP contribution in [0.3, 0.4) is 0 Å². The molecular weight excluding hydrogens is 276 g/mol. The lowest BCUT2D eigenvalue weighted by molar-refractivity contribution is -0.170. The van der Waals surface area contributed by atoms with Gasteiger partial charge in [-0.15, -0.1) is 0 Å². The third-order valence-corrected chi connectivity index (χ3v) is 2.80. The van der Waals surface area contributed by atoms with Crippen LogP contribution in [0.25, 0.3) is 0 Å². The number of amides is 1. The summed E-state index contributed by atoms with van der Waals surface area (Å²) in [7, 11) is 0. The zero-order valence-corrected chi connectivity index (χ0v) is 13.1. The second-order valence-electron chi connectivity index (χ2n) is 5.85. The Kier molecular flexibility index (Phi) is 6.14. The molecule has 120 valence electrons. The minimum absolute atomic E-state index is 0.217. The van der Waals surface area contributed by atoms with Crippen LogP contribution in [0.2, 0.25) is 0 Å². The summed E-state index contributed by atoms with van der Waals surface area (Å²) >= 11 is 0. The normalized spacial score (nSPS) is 19.0. The Morgan fingerprint density at radius 2 is 1.95 bits per heavy atom. The van der Waals surface area contributed by atoms with E-state index in [0.29, 0.717) is 13.0 Å². The van der Waals surface area contributed by atoms with E-state index in [9.17, 15) is 14.4 Å². The van der Waals surface area contributed by atoms with Crippen LogP contribution in [0.4, 0.5) is 0 Å². The van der Waals surface area contributed by atoms with Crippen molar-refractivity contribution in [3.05, 3.63) is 0 Å². The van der Waals surface area contributed by atoms with Gasteiger partial charge < -0.3 is 9.47 Å². The third kappa shape index (κ3) is 5.71. The Balaban J connectivity index is 2.70. The van der Waals surface area contributed by atoms with Gasteiger partial charge >= 0.3 is 11.9 Å². The van der Waals surface area contributed by atoms with Crippen LogP contribution < -0.4 is 5.43 Å². The SMILES string of the molecule is CCOC(=O)CC(=O)N1NCCCC1C(=O)OC(C)(C)C. The molecule has 1 N–H and O–H groups in total. The number of ether oxygens (including phenoxy) is 2. The smallest absolute Gasteiger partial charge is 0.331 e. The summed E-state index contributed by atoms with van der Waals surface area (Å²) in [6.07, 6.45) is 0.879. The molecule has 1 fully saturated rings. The van der Waals surface area contributed by atoms with E-state index in [2.05, 4.69) is 5.43 Å². The molecule has 1 atom stereocenters. The molecule has 0 spiro atoms. The van der Waals surface area contributed by atoms with Crippen molar-refractivity contribution in [1.82, 2.24) is 10.4 Å². The summed E-state index contributed by atoms with van der Waals surface area (Å²) in [6.45, 7) is 7.78. The molecule has 0 aliphatic carbocycles. The van der Waals surface area contributed by atoms with E-state index in [-0.39, 0.29) is 13.0 Å². The monoisotopic (exact) mass is 300 g/mol. The van der Waals surface area contributed by atoms with E-state index >= 15 is 0 Å². The van der Waals surface area contributed by atoms with Crippen LogP contribution in [0.5, 0.6) is 0 Å². The van der Waals surface area contributed by atoms with Crippen molar-refractivity contribution in [2.75, 3.05) is 13.2 Å². The van der Waals surface area contributed by atoms with E-state index in [1.54, 1.807) is 27.7 Å². The van der Waals surface area contributed by atoms with Gasteiger partial charge in [0.25, 0.3) is 0 Å². The summed E-state index contributed by atoms with van der Waals surface area (Å²) in [5.74, 6) is -1.55. The van der Waals surface area contributed by atoms with Gasteiger partial charge in [0.2, 0.25) is 5.91 Å². The van der Waals surface area contributed by atoms with Crippen LogP contribution >= 0.6 is 0 Å². The van der Waals surface area contributed by atoms with Crippen LogP contribution in [-0.4, -0.2) is 47.6 Å². The maximum Gasteiger partial charge on any atom is 0.331 e. The fourth-order valence-corrected chi connectivity index (χ4v) is 2.01. The molecule has 0 aromatic carbocycles. The number of hydrogen-bond acceptors (Lipinski definition) is 6. The number of nitrogens with one attached hydrogen (secondary N) is 1. The molecule has 0 aromatic rings. The lowest BCUT2D eigenvalue weighted by Crippen LogP contribution is -2.57. The summed E-state index contributed by atoms with van der Waals surface area (Å²) in [6, 6.07) is -0.708. The molecule has 1 rings (SSSR count). The summed E-state index contributed by atoms with van der Waals surface area (Å²) in [5.41, 5.74) is 2.24. The zero-order chi connectivity index (χ0) is 16.0. The fraction of sp³-hybridized carbons (Fsp3) is 0.786. The van der Waals surface area contributed by atoms with E-state index in [4.69, 9.17) is 9.47 Å². The van der Waals surface area contributed by atoms with Gasteiger partial charge in [0.05, 0.1) is 6.61 Å². The first-order valence-corrected chi connectivity index (χ1v) is 7.18. The predicted molar refractivity (Wildman–Crippen MR) is 75.0 cm³/mol. The van der Waals surface area contributed by atoms with Crippen molar-refractivity contribution in [2.24, 2.45) is 0 Å². The Bertz CT molecular complexity index is 403. The Hall–Kier alpha value is -1.63. The molecule has 7 heteroatoms. The molecule has 1 aliphatic heterocycles. The predicted octanol–water partition coefficient (Wildman–Crippen LogP) is 0.777. The number of nitrogens with zero attached hydrogens (tertiary/aromatic N) is 1. The van der Waals surface area contributed by atoms with Gasteiger partial charge in [-0.05, 0) is 40.5 Å². The molecule has 0 radical (unpaired) electrons. The second-order valence-corrected chi connectivity index (χ2v) is 5.85. The van der Waals surface area contributed by atoms with Crippen molar-refractivity contribution in [3.63, 3.8) is 0 Å². The molecule has 1 unspecified atom stereocenters. The molecule has 0 aromatic heterocycles. The van der Waals surface area contributed by atoms with E-state index in [0.717, 1.165) is 6.42 Å². The van der Waals surface area contributed by atoms with Gasteiger partial charge in [0.1, 0.15) is 18.1 Å². The van der Waals surface area contributed by atoms with Crippen LogP contribution in [0.15, 0.2) is 0 Å². The average Bonchev–Trinajstić information content (AvgIpc) is 2.36. The van der Waals surface area contributed by atoms with Crippen molar-refractivity contribution >= 4 is 17.8 Å². The van der Waals surface area contributed by atoms with Crippen LogP contribution in [0.1, 0.15) is 47.0 Å².